The molecule has 3 aromatic rings. The molecule has 0 aliphatic carbocycles. The maximum Gasteiger partial charge on any atom is 0.264 e. The molecule has 1 aliphatic heterocycles. The summed E-state index contributed by atoms with van der Waals surface area (Å²) in [6, 6.07) is 13.1. The lowest BCUT2D eigenvalue weighted by molar-refractivity contribution is -0.133. The Morgan fingerprint density at radius 2 is 2.00 bits per heavy atom. The van der Waals surface area contributed by atoms with E-state index in [2.05, 4.69) is 10.1 Å². The van der Waals surface area contributed by atoms with E-state index in [0.29, 0.717) is 31.3 Å². The average molecular weight is 396 g/mol. The van der Waals surface area contributed by atoms with E-state index in [4.69, 9.17) is 4.52 Å². The molecule has 0 spiro atoms. The highest BCUT2D eigenvalue weighted by atomic mass is 32.1. The summed E-state index contributed by atoms with van der Waals surface area (Å²) in [5.41, 5.74) is 0.822. The maximum absolute atomic E-state index is 12.7. The minimum Gasteiger partial charge on any atom is -0.338 e. The second-order valence-corrected chi connectivity index (χ2v) is 7.67. The van der Waals surface area contributed by atoms with E-state index in [1.807, 2.05) is 59.7 Å². The van der Waals surface area contributed by atoms with Crippen molar-refractivity contribution in [2.75, 3.05) is 19.6 Å². The first-order chi connectivity index (χ1) is 13.6. The summed E-state index contributed by atoms with van der Waals surface area (Å²) in [5, 5.41) is 5.82. The summed E-state index contributed by atoms with van der Waals surface area (Å²) in [4.78, 5) is 33.9. The number of aromatic nitrogens is 2. The smallest absolute Gasteiger partial charge is 0.264 e. The number of benzene rings is 1. The van der Waals surface area contributed by atoms with Gasteiger partial charge in [0.2, 0.25) is 5.91 Å². The standard InChI is InChI=1S/C20H20N4O3S/c1-14-13-23(9-10-24(14)20(26)16-8-5-11-28-16)18(25)12-17-21-19(27-22-17)15-6-3-2-4-7-15/h2-8,11,14H,9-10,12-13H2,1H3/t14-/m0/s1. The third-order valence-corrected chi connectivity index (χ3v) is 5.63. The second-order valence-electron chi connectivity index (χ2n) is 6.72. The number of hydrogen-bond acceptors (Lipinski definition) is 6. The van der Waals surface area contributed by atoms with Gasteiger partial charge in [-0.2, -0.15) is 4.98 Å². The van der Waals surface area contributed by atoms with Crippen LogP contribution in [0.25, 0.3) is 11.5 Å². The molecule has 28 heavy (non-hydrogen) atoms. The third kappa shape index (κ3) is 3.82. The molecule has 2 amide bonds. The van der Waals surface area contributed by atoms with Gasteiger partial charge >= 0.3 is 0 Å². The molecule has 0 bridgehead atoms. The van der Waals surface area contributed by atoms with Crippen LogP contribution in [-0.2, 0) is 11.2 Å². The van der Waals surface area contributed by atoms with Crippen LogP contribution in [-0.4, -0.2) is 57.4 Å². The molecule has 4 rings (SSSR count). The van der Waals surface area contributed by atoms with Crippen LogP contribution in [0.15, 0.2) is 52.4 Å². The fraction of sp³-hybridized carbons (Fsp3) is 0.300. The van der Waals surface area contributed by atoms with Crippen LogP contribution in [0, 0.1) is 0 Å². The Kier molecular flexibility index (Phi) is 5.21. The molecule has 144 valence electrons. The van der Waals surface area contributed by atoms with Gasteiger partial charge < -0.3 is 14.3 Å². The SMILES string of the molecule is C[C@H]1CN(C(=O)Cc2noc(-c3ccccc3)n2)CCN1C(=O)c1cccs1. The Morgan fingerprint density at radius 3 is 2.71 bits per heavy atom. The minimum absolute atomic E-state index is 0.0280. The maximum atomic E-state index is 12.7. The van der Waals surface area contributed by atoms with E-state index in [1.54, 1.807) is 4.90 Å². The molecule has 3 heterocycles. The Morgan fingerprint density at radius 1 is 1.18 bits per heavy atom. The lowest BCUT2D eigenvalue weighted by atomic mass is 10.1. The number of piperazine rings is 1. The highest BCUT2D eigenvalue weighted by molar-refractivity contribution is 7.12. The van der Waals surface area contributed by atoms with E-state index < -0.39 is 0 Å². The van der Waals surface area contributed by atoms with Gasteiger partial charge in [-0.05, 0) is 30.5 Å². The van der Waals surface area contributed by atoms with Gasteiger partial charge in [-0.3, -0.25) is 9.59 Å². The van der Waals surface area contributed by atoms with Gasteiger partial charge in [0, 0.05) is 31.2 Å². The monoisotopic (exact) mass is 396 g/mol. The summed E-state index contributed by atoms with van der Waals surface area (Å²) in [7, 11) is 0. The lowest BCUT2D eigenvalue weighted by Gasteiger charge is -2.39. The summed E-state index contributed by atoms with van der Waals surface area (Å²) in [6.45, 7) is 3.49. The summed E-state index contributed by atoms with van der Waals surface area (Å²) in [5.74, 6) is 0.743. The zero-order valence-corrected chi connectivity index (χ0v) is 16.3. The van der Waals surface area contributed by atoms with Gasteiger partial charge in [0.1, 0.15) is 0 Å². The molecule has 8 heteroatoms. The molecule has 0 N–H and O–H groups in total. The molecular formula is C20H20N4O3S. The topological polar surface area (TPSA) is 79.5 Å². The summed E-state index contributed by atoms with van der Waals surface area (Å²) < 4.78 is 5.27. The molecule has 1 aliphatic rings. The van der Waals surface area contributed by atoms with E-state index in [0.717, 1.165) is 10.4 Å². The first kappa shape index (κ1) is 18.4. The van der Waals surface area contributed by atoms with Crippen LogP contribution in [0.3, 0.4) is 0 Å². The third-order valence-electron chi connectivity index (χ3n) is 4.77. The number of carbonyl (C=O) groups is 2. The number of hydrogen-bond donors (Lipinski definition) is 0. The number of thiophene rings is 1. The van der Waals surface area contributed by atoms with Gasteiger partial charge in [0.25, 0.3) is 11.8 Å². The molecule has 0 unspecified atom stereocenters. The second kappa shape index (κ2) is 7.93. The molecule has 2 aromatic heterocycles. The van der Waals surface area contributed by atoms with E-state index >= 15 is 0 Å². The molecule has 0 radical (unpaired) electrons. The van der Waals surface area contributed by atoms with Crippen molar-refractivity contribution in [2.45, 2.75) is 19.4 Å². The van der Waals surface area contributed by atoms with E-state index in [1.165, 1.54) is 11.3 Å². The van der Waals surface area contributed by atoms with Crippen molar-refractivity contribution in [2.24, 2.45) is 0 Å². The molecule has 1 aromatic carbocycles. The fourth-order valence-corrected chi connectivity index (χ4v) is 3.98. The minimum atomic E-state index is -0.0597. The van der Waals surface area contributed by atoms with Crippen molar-refractivity contribution >= 4 is 23.2 Å². The van der Waals surface area contributed by atoms with Crippen LogP contribution < -0.4 is 0 Å². The predicted molar refractivity (Wildman–Crippen MR) is 105 cm³/mol. The molecule has 1 fully saturated rings. The molecule has 1 atom stereocenters. The Hall–Kier alpha value is -3.00. The van der Waals surface area contributed by atoms with Crippen molar-refractivity contribution in [3.05, 3.63) is 58.5 Å². The number of nitrogens with zero attached hydrogens (tertiary/aromatic N) is 4. The van der Waals surface area contributed by atoms with Crippen molar-refractivity contribution in [1.82, 2.24) is 19.9 Å². The van der Waals surface area contributed by atoms with E-state index in [-0.39, 0.29) is 24.3 Å². The molecular weight excluding hydrogens is 376 g/mol. The Balaban J connectivity index is 1.36. The first-order valence-electron chi connectivity index (χ1n) is 9.12. The van der Waals surface area contributed by atoms with Crippen LogP contribution in [0.2, 0.25) is 0 Å². The molecule has 7 nitrogen and oxygen atoms in total. The fourth-order valence-electron chi connectivity index (χ4n) is 3.30. The number of amides is 2. The van der Waals surface area contributed by atoms with Gasteiger partial charge in [-0.25, -0.2) is 0 Å². The van der Waals surface area contributed by atoms with E-state index in [9.17, 15) is 9.59 Å². The van der Waals surface area contributed by atoms with Gasteiger partial charge in [0.15, 0.2) is 5.82 Å². The van der Waals surface area contributed by atoms with Gasteiger partial charge in [-0.15, -0.1) is 11.3 Å². The summed E-state index contributed by atoms with van der Waals surface area (Å²) in [6.07, 6.45) is 0.0852. The zero-order valence-electron chi connectivity index (χ0n) is 15.4. The average Bonchev–Trinajstić information content (AvgIpc) is 3.40. The highest BCUT2D eigenvalue weighted by Gasteiger charge is 2.31. The van der Waals surface area contributed by atoms with Gasteiger partial charge in [0.05, 0.1) is 11.3 Å². The molecule has 1 saturated heterocycles. The largest absolute Gasteiger partial charge is 0.338 e. The summed E-state index contributed by atoms with van der Waals surface area (Å²) >= 11 is 1.44. The highest BCUT2D eigenvalue weighted by Crippen LogP contribution is 2.19. The van der Waals surface area contributed by atoms with Crippen LogP contribution in [0.4, 0.5) is 0 Å². The Bertz CT molecular complexity index is 955. The lowest BCUT2D eigenvalue weighted by Crippen LogP contribution is -2.55. The molecule has 0 saturated carbocycles. The normalized spacial score (nSPS) is 17.0. The van der Waals surface area contributed by atoms with Gasteiger partial charge in [-0.1, -0.05) is 29.4 Å². The van der Waals surface area contributed by atoms with Crippen molar-refractivity contribution < 1.29 is 14.1 Å². The predicted octanol–water partition coefficient (Wildman–Crippen LogP) is 2.71. The van der Waals surface area contributed by atoms with Crippen molar-refractivity contribution in [3.8, 4) is 11.5 Å². The Labute approximate surface area is 166 Å². The first-order valence-corrected chi connectivity index (χ1v) is 10.00. The number of rotatable bonds is 4. The van der Waals surface area contributed by atoms with Crippen molar-refractivity contribution in [1.29, 1.82) is 0 Å². The number of carbonyl (C=O) groups excluding carboxylic acids is 2. The van der Waals surface area contributed by atoms with Crippen molar-refractivity contribution in [3.63, 3.8) is 0 Å². The van der Waals surface area contributed by atoms with Crippen LogP contribution in [0.5, 0.6) is 0 Å². The van der Waals surface area contributed by atoms with Crippen LogP contribution >= 0.6 is 11.3 Å². The van der Waals surface area contributed by atoms with Crippen LogP contribution in [0.1, 0.15) is 22.4 Å². The quantitative estimate of drug-likeness (QED) is 0.677. The zero-order chi connectivity index (χ0) is 19.5.